The highest BCUT2D eigenvalue weighted by molar-refractivity contribution is 6.16. The molecule has 1 saturated heterocycles. The predicted molar refractivity (Wildman–Crippen MR) is 121 cm³/mol. The van der Waals surface area contributed by atoms with Gasteiger partial charge in [0.1, 0.15) is 12.0 Å². The molecule has 3 aliphatic rings. The first-order valence-electron chi connectivity index (χ1n) is 10.8. The molecule has 31 heavy (non-hydrogen) atoms. The molecule has 3 heterocycles. The van der Waals surface area contributed by atoms with E-state index in [1.807, 2.05) is 5.01 Å². The number of urea groups is 1. The van der Waals surface area contributed by atoms with Crippen molar-refractivity contribution < 1.29 is 9.59 Å². The molecule has 0 aromatic heterocycles. The van der Waals surface area contributed by atoms with E-state index in [-0.39, 0.29) is 29.8 Å². The first-order chi connectivity index (χ1) is 14.9. The minimum Gasteiger partial charge on any atom is -0.382 e. The SMILES string of the molecule is CC(C)C1CC(C(=O)c2cccc(NC(=O)NC3CCNCC3)c2)=C2C(N)=NC=NN21. The number of fused-ring (bicyclic) bond motifs is 1. The maximum atomic E-state index is 13.4. The van der Waals surface area contributed by atoms with Crippen LogP contribution in [0.15, 0.2) is 45.6 Å². The van der Waals surface area contributed by atoms with Crippen molar-refractivity contribution in [2.75, 3.05) is 18.4 Å². The van der Waals surface area contributed by atoms with Crippen molar-refractivity contribution in [3.63, 3.8) is 0 Å². The summed E-state index contributed by atoms with van der Waals surface area (Å²) in [6.07, 6.45) is 3.78. The van der Waals surface area contributed by atoms with Gasteiger partial charge in [-0.2, -0.15) is 5.10 Å². The molecule has 0 radical (unpaired) electrons. The van der Waals surface area contributed by atoms with Crippen molar-refractivity contribution in [1.82, 2.24) is 15.6 Å². The number of hydrogen-bond acceptors (Lipinski definition) is 7. The standard InChI is InChI=1S/C22H29N7O2/c1-13(2)18-11-17(19-21(23)25-12-26-29(18)19)20(30)14-4-3-5-16(10-14)28-22(31)27-15-6-8-24-9-7-15/h3-5,10,12-13,15,18,24H,6-9,11H2,1-2H3,(H2,23,25,26)(H2,27,28,31). The summed E-state index contributed by atoms with van der Waals surface area (Å²) in [4.78, 5) is 29.8. The van der Waals surface area contributed by atoms with Crippen LogP contribution in [-0.4, -0.2) is 54.2 Å². The average molecular weight is 424 g/mol. The Balaban J connectivity index is 1.51. The normalized spacial score (nSPS) is 21.2. The summed E-state index contributed by atoms with van der Waals surface area (Å²) in [5.41, 5.74) is 8.37. The van der Waals surface area contributed by atoms with Gasteiger partial charge < -0.3 is 21.7 Å². The zero-order valence-corrected chi connectivity index (χ0v) is 17.9. The van der Waals surface area contributed by atoms with Gasteiger partial charge in [-0.25, -0.2) is 9.79 Å². The van der Waals surface area contributed by atoms with Gasteiger partial charge >= 0.3 is 6.03 Å². The number of amides is 2. The fourth-order valence-electron chi connectivity index (χ4n) is 4.27. The van der Waals surface area contributed by atoms with Crippen LogP contribution in [0.2, 0.25) is 0 Å². The quantitative estimate of drug-likeness (QED) is 0.540. The Hall–Kier alpha value is -3.20. The minimum absolute atomic E-state index is 0.0521. The van der Waals surface area contributed by atoms with E-state index in [1.165, 1.54) is 6.34 Å². The van der Waals surface area contributed by atoms with Crippen LogP contribution in [0.1, 0.15) is 43.5 Å². The highest BCUT2D eigenvalue weighted by Gasteiger charge is 2.39. The lowest BCUT2D eigenvalue weighted by molar-refractivity contribution is 0.103. The number of rotatable bonds is 5. The van der Waals surface area contributed by atoms with E-state index in [1.54, 1.807) is 24.3 Å². The summed E-state index contributed by atoms with van der Waals surface area (Å²) in [5.74, 6) is 0.466. The van der Waals surface area contributed by atoms with Gasteiger partial charge in [0, 0.05) is 29.3 Å². The molecule has 0 aliphatic carbocycles. The van der Waals surface area contributed by atoms with Crippen molar-refractivity contribution >= 4 is 29.7 Å². The van der Waals surface area contributed by atoms with Crippen LogP contribution in [0.25, 0.3) is 0 Å². The van der Waals surface area contributed by atoms with Crippen LogP contribution in [0.3, 0.4) is 0 Å². The van der Waals surface area contributed by atoms with Gasteiger partial charge in [0.2, 0.25) is 0 Å². The van der Waals surface area contributed by atoms with Crippen molar-refractivity contribution in [3.05, 3.63) is 41.1 Å². The number of aliphatic imine (C=N–C) groups is 1. The van der Waals surface area contributed by atoms with Crippen molar-refractivity contribution in [1.29, 1.82) is 0 Å². The Kier molecular flexibility index (Phi) is 6.03. The number of carbonyl (C=O) groups excluding carboxylic acids is 2. The van der Waals surface area contributed by atoms with E-state index >= 15 is 0 Å². The Bertz CT molecular complexity index is 960. The summed E-state index contributed by atoms with van der Waals surface area (Å²) in [6, 6.07) is 6.93. The lowest BCUT2D eigenvalue weighted by Gasteiger charge is -2.28. The molecule has 5 N–H and O–H groups in total. The number of hydrazone groups is 1. The van der Waals surface area contributed by atoms with E-state index in [0.717, 1.165) is 25.9 Å². The Morgan fingerprint density at radius 3 is 2.77 bits per heavy atom. The van der Waals surface area contributed by atoms with Gasteiger partial charge in [-0.15, -0.1) is 0 Å². The van der Waals surface area contributed by atoms with Crippen LogP contribution in [0, 0.1) is 5.92 Å². The Labute approximate surface area is 181 Å². The van der Waals surface area contributed by atoms with Gasteiger partial charge in [-0.1, -0.05) is 26.0 Å². The maximum absolute atomic E-state index is 13.4. The summed E-state index contributed by atoms with van der Waals surface area (Å²) < 4.78 is 0. The molecular formula is C22H29N7O2. The Morgan fingerprint density at radius 1 is 1.26 bits per heavy atom. The molecule has 1 aromatic carbocycles. The Morgan fingerprint density at radius 2 is 2.03 bits per heavy atom. The molecule has 1 atom stereocenters. The molecule has 4 rings (SSSR count). The van der Waals surface area contributed by atoms with E-state index < -0.39 is 0 Å². The van der Waals surface area contributed by atoms with E-state index in [4.69, 9.17) is 5.73 Å². The summed E-state index contributed by atoms with van der Waals surface area (Å²) >= 11 is 0. The molecule has 0 bridgehead atoms. The number of nitrogens with one attached hydrogen (secondary N) is 3. The molecule has 1 fully saturated rings. The molecule has 2 amide bonds. The average Bonchev–Trinajstić information content (AvgIpc) is 3.15. The van der Waals surface area contributed by atoms with Crippen molar-refractivity contribution in [2.45, 2.75) is 45.2 Å². The van der Waals surface area contributed by atoms with E-state index in [2.05, 4.69) is 39.9 Å². The molecule has 9 heteroatoms. The number of nitrogens with two attached hydrogens (primary N) is 1. The van der Waals surface area contributed by atoms with Crippen molar-refractivity contribution in [3.8, 4) is 0 Å². The minimum atomic E-state index is -0.261. The number of nitrogens with zero attached hydrogens (tertiary/aromatic N) is 3. The first kappa shape index (κ1) is 21.0. The summed E-state index contributed by atoms with van der Waals surface area (Å²) in [5, 5.41) is 15.3. The topological polar surface area (TPSA) is 124 Å². The molecular weight excluding hydrogens is 394 g/mol. The second-order valence-electron chi connectivity index (χ2n) is 8.47. The molecule has 0 spiro atoms. The van der Waals surface area contributed by atoms with E-state index in [0.29, 0.717) is 34.8 Å². The first-order valence-corrected chi connectivity index (χ1v) is 10.8. The maximum Gasteiger partial charge on any atom is 0.319 e. The second kappa shape index (κ2) is 8.89. The number of ketones is 1. The largest absolute Gasteiger partial charge is 0.382 e. The van der Waals surface area contributed by atoms with Crippen molar-refractivity contribution in [2.24, 2.45) is 21.7 Å². The molecule has 3 aliphatic heterocycles. The lowest BCUT2D eigenvalue weighted by Crippen LogP contribution is -2.44. The third-order valence-electron chi connectivity index (χ3n) is 5.96. The van der Waals surface area contributed by atoms with Gasteiger partial charge in [-0.3, -0.25) is 9.80 Å². The van der Waals surface area contributed by atoms with Gasteiger partial charge in [-0.05, 0) is 44.0 Å². The fourth-order valence-corrected chi connectivity index (χ4v) is 4.27. The molecule has 1 unspecified atom stereocenters. The lowest BCUT2D eigenvalue weighted by atomic mass is 9.94. The number of piperidine rings is 1. The third-order valence-corrected chi connectivity index (χ3v) is 5.96. The number of amidine groups is 1. The number of carbonyl (C=O) groups is 2. The highest BCUT2D eigenvalue weighted by atomic mass is 16.2. The molecule has 1 aromatic rings. The predicted octanol–water partition coefficient (Wildman–Crippen LogP) is 2.04. The molecule has 0 saturated carbocycles. The zero-order valence-electron chi connectivity index (χ0n) is 17.9. The monoisotopic (exact) mass is 423 g/mol. The molecule has 164 valence electrons. The number of anilines is 1. The van der Waals surface area contributed by atoms with Crippen LogP contribution < -0.4 is 21.7 Å². The smallest absolute Gasteiger partial charge is 0.319 e. The van der Waals surface area contributed by atoms with Crippen LogP contribution in [0.5, 0.6) is 0 Å². The fraction of sp³-hybridized carbons (Fsp3) is 0.455. The second-order valence-corrected chi connectivity index (χ2v) is 8.47. The van der Waals surface area contributed by atoms with Crippen LogP contribution >= 0.6 is 0 Å². The van der Waals surface area contributed by atoms with Gasteiger partial charge in [0.25, 0.3) is 0 Å². The number of hydrogen-bond donors (Lipinski definition) is 4. The number of Topliss-reactive ketones (excluding diaryl/α,β-unsaturated/α-hetero) is 1. The third kappa shape index (κ3) is 4.46. The van der Waals surface area contributed by atoms with Gasteiger partial charge in [0.15, 0.2) is 11.6 Å². The zero-order chi connectivity index (χ0) is 22.0. The summed E-state index contributed by atoms with van der Waals surface area (Å²) in [6.45, 7) is 5.99. The number of benzene rings is 1. The highest BCUT2D eigenvalue weighted by Crippen LogP contribution is 2.36. The molecule has 9 nitrogen and oxygen atoms in total. The van der Waals surface area contributed by atoms with Crippen LogP contribution in [0.4, 0.5) is 10.5 Å². The van der Waals surface area contributed by atoms with Gasteiger partial charge in [0.05, 0.1) is 6.04 Å². The summed E-state index contributed by atoms with van der Waals surface area (Å²) in [7, 11) is 0. The van der Waals surface area contributed by atoms with E-state index in [9.17, 15) is 9.59 Å². The van der Waals surface area contributed by atoms with Crippen LogP contribution in [-0.2, 0) is 0 Å².